The molecule has 3 atom stereocenters. The van der Waals surface area contributed by atoms with Gasteiger partial charge in [0.15, 0.2) is 0 Å². The van der Waals surface area contributed by atoms with Gasteiger partial charge in [0.25, 0.3) is 0 Å². The zero-order valence-electron chi connectivity index (χ0n) is 15.6. The number of rotatable bonds is 6. The zero-order chi connectivity index (χ0) is 17.9. The van der Waals surface area contributed by atoms with Gasteiger partial charge in [-0.1, -0.05) is 54.1 Å². The van der Waals surface area contributed by atoms with E-state index >= 15 is 0 Å². The number of para-hydroxylation sites is 1. The molecule has 3 nitrogen and oxygen atoms in total. The summed E-state index contributed by atoms with van der Waals surface area (Å²) in [6.45, 7) is 6.06. The average Bonchev–Trinajstić information content (AvgIpc) is 3.15. The maximum absolute atomic E-state index is 6.05. The van der Waals surface area contributed by atoms with Gasteiger partial charge in [-0.25, -0.2) is 0 Å². The van der Waals surface area contributed by atoms with E-state index in [9.17, 15) is 0 Å². The van der Waals surface area contributed by atoms with Crippen LogP contribution in [0.5, 0.6) is 5.75 Å². The monoisotopic (exact) mass is 349 g/mol. The van der Waals surface area contributed by atoms with Crippen molar-refractivity contribution in [2.24, 2.45) is 5.92 Å². The number of aryl methyl sites for hydroxylation is 1. The highest BCUT2D eigenvalue weighted by Gasteiger charge is 2.38. The van der Waals surface area contributed by atoms with Crippen LogP contribution < -0.4 is 10.1 Å². The Morgan fingerprint density at radius 2 is 1.92 bits per heavy atom. The Bertz CT molecular complexity index is 781. The molecule has 0 fully saturated rings. The number of fused-ring (bicyclic) bond motifs is 3. The van der Waals surface area contributed by atoms with Gasteiger partial charge in [0.2, 0.25) is 0 Å². The third-order valence-electron chi connectivity index (χ3n) is 5.48. The van der Waals surface area contributed by atoms with E-state index < -0.39 is 0 Å². The quantitative estimate of drug-likeness (QED) is 0.572. The molecule has 0 amide bonds. The molecule has 3 unspecified atom stereocenters. The topological polar surface area (TPSA) is 30.5 Å². The largest absolute Gasteiger partial charge is 0.489 e. The van der Waals surface area contributed by atoms with E-state index in [1.165, 1.54) is 16.7 Å². The van der Waals surface area contributed by atoms with E-state index in [0.717, 1.165) is 24.5 Å². The Morgan fingerprint density at radius 1 is 1.08 bits per heavy atom. The van der Waals surface area contributed by atoms with E-state index in [4.69, 9.17) is 9.47 Å². The van der Waals surface area contributed by atoms with Crippen molar-refractivity contribution in [2.75, 3.05) is 25.1 Å². The smallest absolute Gasteiger partial charge is 0.142 e. The number of anilines is 1. The van der Waals surface area contributed by atoms with E-state index in [2.05, 4.69) is 66.9 Å². The van der Waals surface area contributed by atoms with Gasteiger partial charge < -0.3 is 14.8 Å². The lowest BCUT2D eigenvalue weighted by Gasteiger charge is -2.38. The first-order valence-corrected chi connectivity index (χ1v) is 9.61. The summed E-state index contributed by atoms with van der Waals surface area (Å²) in [5, 5.41) is 3.81. The fraction of sp³-hybridized carbons (Fsp3) is 0.391. The minimum atomic E-state index is 0.305. The predicted octanol–water partition coefficient (Wildman–Crippen LogP) is 5.24. The molecule has 26 heavy (non-hydrogen) atoms. The van der Waals surface area contributed by atoms with Crippen molar-refractivity contribution >= 4 is 5.69 Å². The molecule has 1 heterocycles. The highest BCUT2D eigenvalue weighted by atomic mass is 16.5. The van der Waals surface area contributed by atoms with Crippen LogP contribution in [0.15, 0.2) is 54.6 Å². The molecular weight excluding hydrogens is 322 g/mol. The summed E-state index contributed by atoms with van der Waals surface area (Å²) < 4.78 is 11.5. The Morgan fingerprint density at radius 3 is 2.73 bits per heavy atom. The fourth-order valence-electron chi connectivity index (χ4n) is 4.17. The van der Waals surface area contributed by atoms with Gasteiger partial charge in [-0.05, 0) is 43.4 Å². The number of benzene rings is 2. The third kappa shape index (κ3) is 3.24. The average molecular weight is 349 g/mol. The van der Waals surface area contributed by atoms with E-state index in [1.54, 1.807) is 0 Å². The molecule has 0 aromatic heterocycles. The summed E-state index contributed by atoms with van der Waals surface area (Å²) in [7, 11) is 0. The molecule has 0 radical (unpaired) electrons. The van der Waals surface area contributed by atoms with Crippen molar-refractivity contribution < 1.29 is 9.47 Å². The van der Waals surface area contributed by atoms with Crippen molar-refractivity contribution in [3.8, 4) is 5.75 Å². The Hall–Kier alpha value is -2.26. The lowest BCUT2D eigenvalue weighted by Crippen LogP contribution is -2.29. The second kappa shape index (κ2) is 7.55. The summed E-state index contributed by atoms with van der Waals surface area (Å²) >= 11 is 0. The van der Waals surface area contributed by atoms with Crippen molar-refractivity contribution in [3.05, 3.63) is 71.3 Å². The molecule has 1 aliphatic carbocycles. The zero-order valence-corrected chi connectivity index (χ0v) is 15.6. The van der Waals surface area contributed by atoms with Gasteiger partial charge in [-0.2, -0.15) is 0 Å². The summed E-state index contributed by atoms with van der Waals surface area (Å²) in [6, 6.07) is 15.6. The van der Waals surface area contributed by atoms with Gasteiger partial charge in [-0.3, -0.25) is 0 Å². The van der Waals surface area contributed by atoms with Gasteiger partial charge in [0, 0.05) is 12.5 Å². The van der Waals surface area contributed by atoms with Crippen LogP contribution in [0.3, 0.4) is 0 Å². The molecule has 1 aliphatic heterocycles. The fourth-order valence-corrected chi connectivity index (χ4v) is 4.17. The van der Waals surface area contributed by atoms with Gasteiger partial charge in [-0.15, -0.1) is 0 Å². The second-order valence-electron chi connectivity index (χ2n) is 7.15. The minimum absolute atomic E-state index is 0.305. The first kappa shape index (κ1) is 17.2. The normalized spacial score (nSPS) is 23.2. The van der Waals surface area contributed by atoms with Crippen molar-refractivity contribution in [2.45, 2.75) is 32.2 Å². The summed E-state index contributed by atoms with van der Waals surface area (Å²) in [5.74, 6) is 1.94. The predicted molar refractivity (Wildman–Crippen MR) is 106 cm³/mol. The number of hydrogen-bond acceptors (Lipinski definition) is 3. The molecular formula is C23H27NO2. The Balaban J connectivity index is 1.64. The van der Waals surface area contributed by atoms with Crippen molar-refractivity contribution in [3.63, 3.8) is 0 Å². The molecule has 3 heteroatoms. The number of hydrogen-bond donors (Lipinski definition) is 1. The molecule has 0 bridgehead atoms. The maximum atomic E-state index is 6.05. The van der Waals surface area contributed by atoms with Gasteiger partial charge in [0.1, 0.15) is 12.4 Å². The van der Waals surface area contributed by atoms with Crippen LogP contribution in [0.4, 0.5) is 5.69 Å². The van der Waals surface area contributed by atoms with Crippen LogP contribution in [0, 0.1) is 12.8 Å². The first-order chi connectivity index (χ1) is 12.8. The number of nitrogens with one attached hydrogen (secondary N) is 1. The van der Waals surface area contributed by atoms with Gasteiger partial charge >= 0.3 is 0 Å². The SMILES string of the molecule is CCOCCOc1cccc2c1NC(c1ccc(C)cc1)C1CC=CC21. The Kier molecular flexibility index (Phi) is 4.98. The summed E-state index contributed by atoms with van der Waals surface area (Å²) in [6.07, 6.45) is 5.82. The van der Waals surface area contributed by atoms with E-state index in [1.807, 2.05) is 6.92 Å². The van der Waals surface area contributed by atoms with Crippen molar-refractivity contribution in [1.82, 2.24) is 0 Å². The highest BCUT2D eigenvalue weighted by Crippen LogP contribution is 2.52. The van der Waals surface area contributed by atoms with Crippen LogP contribution in [-0.2, 0) is 4.74 Å². The van der Waals surface area contributed by atoms with Crippen LogP contribution in [0.2, 0.25) is 0 Å². The molecule has 2 aromatic carbocycles. The lowest BCUT2D eigenvalue weighted by atomic mass is 9.77. The van der Waals surface area contributed by atoms with E-state index in [-0.39, 0.29) is 0 Å². The van der Waals surface area contributed by atoms with Crippen LogP contribution in [-0.4, -0.2) is 19.8 Å². The van der Waals surface area contributed by atoms with Crippen LogP contribution in [0.1, 0.15) is 42.0 Å². The molecule has 4 rings (SSSR count). The molecule has 0 saturated heterocycles. The highest BCUT2D eigenvalue weighted by molar-refractivity contribution is 5.67. The molecule has 1 N–H and O–H groups in total. The first-order valence-electron chi connectivity index (χ1n) is 9.61. The van der Waals surface area contributed by atoms with Crippen LogP contribution >= 0.6 is 0 Å². The van der Waals surface area contributed by atoms with Crippen LogP contribution in [0.25, 0.3) is 0 Å². The molecule has 0 saturated carbocycles. The number of ether oxygens (including phenoxy) is 2. The third-order valence-corrected chi connectivity index (χ3v) is 5.48. The molecule has 136 valence electrons. The van der Waals surface area contributed by atoms with E-state index in [0.29, 0.717) is 31.1 Å². The summed E-state index contributed by atoms with van der Waals surface area (Å²) in [5.41, 5.74) is 5.14. The maximum Gasteiger partial charge on any atom is 0.142 e. The van der Waals surface area contributed by atoms with Crippen molar-refractivity contribution in [1.29, 1.82) is 0 Å². The standard InChI is InChI=1S/C23H27NO2/c1-3-25-14-15-26-21-9-5-8-20-18-6-4-7-19(18)22(24-23(20)21)17-12-10-16(2)11-13-17/h4-6,8-13,18-19,22,24H,3,7,14-15H2,1-2H3. The summed E-state index contributed by atoms with van der Waals surface area (Å²) in [4.78, 5) is 0. The molecule has 2 aliphatic rings. The number of allylic oxidation sites excluding steroid dienone is 2. The van der Waals surface area contributed by atoms with Gasteiger partial charge in [0.05, 0.1) is 18.3 Å². The molecule has 0 spiro atoms. The Labute approximate surface area is 156 Å². The minimum Gasteiger partial charge on any atom is -0.489 e. The molecule has 2 aromatic rings. The lowest BCUT2D eigenvalue weighted by molar-refractivity contribution is 0.110. The second-order valence-corrected chi connectivity index (χ2v) is 7.15.